The van der Waals surface area contributed by atoms with Gasteiger partial charge in [0.05, 0.1) is 0 Å². The summed E-state index contributed by atoms with van der Waals surface area (Å²) in [6.45, 7) is 10.2. The van der Waals surface area contributed by atoms with E-state index in [4.69, 9.17) is 0 Å². The van der Waals surface area contributed by atoms with Gasteiger partial charge >= 0.3 is 0 Å². The topological polar surface area (TPSA) is 0 Å². The SMILES string of the molecule is [CH2]CCCCCCCCCCCC(C)CCCCC[CH2]. The van der Waals surface area contributed by atoms with Crippen LogP contribution in [0.25, 0.3) is 0 Å². The molecular weight excluding hydrogens is 240 g/mol. The Bertz CT molecular complexity index is 161. The molecule has 0 nitrogen and oxygen atoms in total. The lowest BCUT2D eigenvalue weighted by molar-refractivity contribution is 0.434. The number of hydrogen-bond donors (Lipinski definition) is 0. The van der Waals surface area contributed by atoms with Crippen LogP contribution >= 0.6 is 0 Å². The molecule has 20 heavy (non-hydrogen) atoms. The van der Waals surface area contributed by atoms with E-state index < -0.39 is 0 Å². The van der Waals surface area contributed by atoms with Gasteiger partial charge in [0.15, 0.2) is 0 Å². The summed E-state index contributed by atoms with van der Waals surface area (Å²) in [5, 5.41) is 0. The van der Waals surface area contributed by atoms with Gasteiger partial charge < -0.3 is 0 Å². The first-order chi connectivity index (χ1) is 9.81. The standard InChI is InChI=1S/C20H40/c1-4-6-8-10-11-12-13-14-15-17-19-20(3)18-16-9-7-5-2/h20H,1-2,4-19H2,3H3. The highest BCUT2D eigenvalue weighted by Gasteiger charge is 2.01. The predicted molar refractivity (Wildman–Crippen MR) is 93.8 cm³/mol. The van der Waals surface area contributed by atoms with Gasteiger partial charge in [0.25, 0.3) is 0 Å². The van der Waals surface area contributed by atoms with Crippen molar-refractivity contribution in [1.29, 1.82) is 0 Å². The fourth-order valence-electron chi connectivity index (χ4n) is 2.90. The molecule has 0 aliphatic heterocycles. The van der Waals surface area contributed by atoms with Crippen LogP contribution in [0, 0.1) is 19.8 Å². The third-order valence-electron chi connectivity index (χ3n) is 4.39. The molecule has 2 radical (unpaired) electrons. The minimum atomic E-state index is 0.947. The quantitative estimate of drug-likeness (QED) is 0.256. The molecule has 0 saturated heterocycles. The zero-order valence-electron chi connectivity index (χ0n) is 14.3. The highest BCUT2D eigenvalue weighted by Crippen LogP contribution is 2.18. The summed E-state index contributed by atoms with van der Waals surface area (Å²) in [5.74, 6) is 0.947. The molecule has 0 bridgehead atoms. The van der Waals surface area contributed by atoms with Crippen LogP contribution in [-0.4, -0.2) is 0 Å². The molecule has 0 aromatic rings. The molecule has 0 N–H and O–H groups in total. The molecule has 0 aromatic carbocycles. The molecule has 0 heterocycles. The van der Waals surface area contributed by atoms with Gasteiger partial charge in [-0.2, -0.15) is 0 Å². The van der Waals surface area contributed by atoms with E-state index in [0.717, 1.165) is 18.8 Å². The zero-order chi connectivity index (χ0) is 14.9. The fourth-order valence-corrected chi connectivity index (χ4v) is 2.90. The number of hydrogen-bond acceptors (Lipinski definition) is 0. The van der Waals surface area contributed by atoms with Crippen molar-refractivity contribution in [3.63, 3.8) is 0 Å². The molecule has 0 aliphatic rings. The summed E-state index contributed by atoms with van der Waals surface area (Å²) in [6.07, 6.45) is 22.2. The van der Waals surface area contributed by atoms with Gasteiger partial charge in [-0.25, -0.2) is 0 Å². The Morgan fingerprint density at radius 3 is 1.20 bits per heavy atom. The molecule has 120 valence electrons. The van der Waals surface area contributed by atoms with Crippen molar-refractivity contribution in [1.82, 2.24) is 0 Å². The van der Waals surface area contributed by atoms with E-state index in [-0.39, 0.29) is 0 Å². The summed E-state index contributed by atoms with van der Waals surface area (Å²) in [7, 11) is 0. The Hall–Kier alpha value is 0. The van der Waals surface area contributed by atoms with Crippen LogP contribution in [0.5, 0.6) is 0 Å². The summed E-state index contributed by atoms with van der Waals surface area (Å²) < 4.78 is 0. The van der Waals surface area contributed by atoms with Crippen LogP contribution in [0.3, 0.4) is 0 Å². The van der Waals surface area contributed by atoms with Crippen LogP contribution in [0.2, 0.25) is 0 Å². The van der Waals surface area contributed by atoms with E-state index in [9.17, 15) is 0 Å². The van der Waals surface area contributed by atoms with E-state index in [1.165, 1.54) is 89.9 Å². The Morgan fingerprint density at radius 2 is 0.800 bits per heavy atom. The molecule has 0 spiro atoms. The Kier molecular flexibility index (Phi) is 17.1. The van der Waals surface area contributed by atoms with Gasteiger partial charge in [0.1, 0.15) is 0 Å². The van der Waals surface area contributed by atoms with Crippen LogP contribution in [0.1, 0.15) is 110 Å². The smallest absolute Gasteiger partial charge is 0.0443 e. The molecule has 0 fully saturated rings. The summed E-state index contributed by atoms with van der Waals surface area (Å²) in [6, 6.07) is 0. The van der Waals surface area contributed by atoms with Crippen LogP contribution in [-0.2, 0) is 0 Å². The van der Waals surface area contributed by atoms with Gasteiger partial charge in [-0.05, 0) is 5.92 Å². The average molecular weight is 281 g/mol. The lowest BCUT2D eigenvalue weighted by Gasteiger charge is -2.10. The van der Waals surface area contributed by atoms with Crippen molar-refractivity contribution in [2.24, 2.45) is 5.92 Å². The first-order valence-electron chi connectivity index (χ1n) is 9.39. The van der Waals surface area contributed by atoms with Gasteiger partial charge in [-0.15, -0.1) is 0 Å². The third kappa shape index (κ3) is 16.1. The lowest BCUT2D eigenvalue weighted by atomic mass is 9.96. The number of rotatable bonds is 16. The largest absolute Gasteiger partial charge is 0.0625 e. The average Bonchev–Trinajstić information content (AvgIpc) is 2.45. The molecule has 0 rings (SSSR count). The maximum absolute atomic E-state index is 3.91. The van der Waals surface area contributed by atoms with Gasteiger partial charge in [-0.1, -0.05) is 124 Å². The van der Waals surface area contributed by atoms with Crippen LogP contribution < -0.4 is 0 Å². The Balaban J connectivity index is 3.07. The highest BCUT2D eigenvalue weighted by molar-refractivity contribution is 4.56. The Morgan fingerprint density at radius 1 is 0.500 bits per heavy atom. The van der Waals surface area contributed by atoms with Gasteiger partial charge in [0, 0.05) is 0 Å². The molecule has 0 aliphatic carbocycles. The first-order valence-corrected chi connectivity index (χ1v) is 9.39. The second kappa shape index (κ2) is 17.1. The van der Waals surface area contributed by atoms with E-state index in [2.05, 4.69) is 20.8 Å². The minimum Gasteiger partial charge on any atom is -0.0625 e. The van der Waals surface area contributed by atoms with Gasteiger partial charge in [-0.3, -0.25) is 0 Å². The molecule has 0 heteroatoms. The highest BCUT2D eigenvalue weighted by atomic mass is 14.1. The van der Waals surface area contributed by atoms with E-state index >= 15 is 0 Å². The second-order valence-electron chi connectivity index (χ2n) is 6.63. The van der Waals surface area contributed by atoms with Crippen molar-refractivity contribution in [3.05, 3.63) is 13.8 Å². The number of unbranched alkanes of at least 4 members (excludes halogenated alkanes) is 12. The monoisotopic (exact) mass is 280 g/mol. The van der Waals surface area contributed by atoms with Crippen molar-refractivity contribution >= 4 is 0 Å². The molecule has 0 aromatic heterocycles. The first kappa shape index (κ1) is 20.0. The third-order valence-corrected chi connectivity index (χ3v) is 4.39. The normalized spacial score (nSPS) is 12.8. The maximum Gasteiger partial charge on any atom is -0.0443 e. The van der Waals surface area contributed by atoms with Crippen molar-refractivity contribution in [3.8, 4) is 0 Å². The van der Waals surface area contributed by atoms with E-state index in [0.29, 0.717) is 0 Å². The summed E-state index contributed by atoms with van der Waals surface area (Å²) >= 11 is 0. The summed E-state index contributed by atoms with van der Waals surface area (Å²) in [4.78, 5) is 0. The molecule has 0 saturated carbocycles. The zero-order valence-corrected chi connectivity index (χ0v) is 14.3. The second-order valence-corrected chi connectivity index (χ2v) is 6.63. The molecule has 1 unspecified atom stereocenters. The van der Waals surface area contributed by atoms with E-state index in [1.54, 1.807) is 0 Å². The molecular formula is C20H40. The van der Waals surface area contributed by atoms with E-state index in [1.807, 2.05) is 0 Å². The molecule has 0 amide bonds. The Labute approximate surface area is 130 Å². The predicted octanol–water partition coefficient (Wildman–Crippen LogP) is 7.53. The minimum absolute atomic E-state index is 0.947. The van der Waals surface area contributed by atoms with Crippen LogP contribution in [0.15, 0.2) is 0 Å². The summed E-state index contributed by atoms with van der Waals surface area (Å²) in [5.41, 5.74) is 0. The lowest BCUT2D eigenvalue weighted by Crippen LogP contribution is -1.95. The van der Waals surface area contributed by atoms with Crippen molar-refractivity contribution in [2.75, 3.05) is 0 Å². The maximum atomic E-state index is 3.91. The van der Waals surface area contributed by atoms with Crippen molar-refractivity contribution in [2.45, 2.75) is 110 Å². The van der Waals surface area contributed by atoms with Crippen LogP contribution in [0.4, 0.5) is 0 Å². The fraction of sp³-hybridized carbons (Fsp3) is 0.900. The van der Waals surface area contributed by atoms with Gasteiger partial charge in [0.2, 0.25) is 0 Å². The molecule has 1 atom stereocenters. The van der Waals surface area contributed by atoms with Crippen molar-refractivity contribution < 1.29 is 0 Å².